The monoisotopic (exact) mass is 387 g/mol. The lowest BCUT2D eigenvalue weighted by molar-refractivity contribution is 0.657. The van der Waals surface area contributed by atoms with Crippen molar-refractivity contribution in [3.8, 4) is 0 Å². The highest BCUT2D eigenvalue weighted by molar-refractivity contribution is 6.88. The molecule has 0 fully saturated rings. The van der Waals surface area contributed by atoms with Gasteiger partial charge in [0.1, 0.15) is 5.58 Å². The number of rotatable bonds is 4. The molecule has 0 bridgehead atoms. The summed E-state index contributed by atoms with van der Waals surface area (Å²) in [5.41, 5.74) is 5.52. The first kappa shape index (κ1) is 18.8. The van der Waals surface area contributed by atoms with Gasteiger partial charge in [-0.2, -0.15) is 0 Å². The molecule has 2 nitrogen and oxygen atoms in total. The van der Waals surface area contributed by atoms with Gasteiger partial charge in [-0.3, -0.25) is 0 Å². The zero-order valence-electron chi connectivity index (χ0n) is 17.7. The van der Waals surface area contributed by atoms with Crippen LogP contribution in [0.1, 0.15) is 25.3 Å². The van der Waals surface area contributed by atoms with Crippen molar-refractivity contribution in [2.24, 2.45) is 0 Å². The standard InChI is InChI=1S/C25H29NOSi/c1-17(2)20-9-7-10-21-22-11-8-12-23(25(22)27-24(20)21)26(3)18-13-15-19(16-14-18)28(4,5)6/h7-17H,1-6H3. The Morgan fingerprint density at radius 1 is 0.786 bits per heavy atom. The molecule has 144 valence electrons. The van der Waals surface area contributed by atoms with Gasteiger partial charge in [-0.15, -0.1) is 0 Å². The molecule has 0 amide bonds. The Kier molecular flexibility index (Phi) is 4.58. The molecule has 28 heavy (non-hydrogen) atoms. The van der Waals surface area contributed by atoms with E-state index < -0.39 is 8.07 Å². The number of para-hydroxylation sites is 2. The van der Waals surface area contributed by atoms with Crippen LogP contribution >= 0.6 is 0 Å². The molecule has 0 aliphatic carbocycles. The predicted octanol–water partition coefficient (Wildman–Crippen LogP) is 7.02. The van der Waals surface area contributed by atoms with Crippen LogP contribution in [0.3, 0.4) is 0 Å². The molecule has 3 aromatic carbocycles. The first-order valence-corrected chi connectivity index (χ1v) is 13.6. The first-order valence-electron chi connectivity index (χ1n) is 10.1. The molecule has 0 aliphatic rings. The minimum absolute atomic E-state index is 0.430. The highest BCUT2D eigenvalue weighted by atomic mass is 28.3. The van der Waals surface area contributed by atoms with E-state index in [0.29, 0.717) is 5.92 Å². The second kappa shape index (κ2) is 6.82. The molecule has 1 heterocycles. The quantitative estimate of drug-likeness (QED) is 0.350. The molecule has 3 heteroatoms. The van der Waals surface area contributed by atoms with Gasteiger partial charge in [0, 0.05) is 23.5 Å². The van der Waals surface area contributed by atoms with Gasteiger partial charge in [0.05, 0.1) is 13.8 Å². The third-order valence-electron chi connectivity index (χ3n) is 5.64. The lowest BCUT2D eigenvalue weighted by atomic mass is 10.0. The van der Waals surface area contributed by atoms with Crippen LogP contribution in [0.25, 0.3) is 21.9 Å². The molecule has 0 saturated heterocycles. The van der Waals surface area contributed by atoms with Gasteiger partial charge in [-0.05, 0) is 29.7 Å². The minimum atomic E-state index is -1.29. The lowest BCUT2D eigenvalue weighted by Gasteiger charge is -2.22. The van der Waals surface area contributed by atoms with Crippen molar-refractivity contribution in [2.45, 2.75) is 39.4 Å². The van der Waals surface area contributed by atoms with Gasteiger partial charge >= 0.3 is 0 Å². The third kappa shape index (κ3) is 3.14. The Morgan fingerprint density at radius 3 is 2.00 bits per heavy atom. The summed E-state index contributed by atoms with van der Waals surface area (Å²) >= 11 is 0. The number of fused-ring (bicyclic) bond motifs is 3. The van der Waals surface area contributed by atoms with E-state index in [1.54, 1.807) is 0 Å². The van der Waals surface area contributed by atoms with Crippen molar-refractivity contribution < 1.29 is 4.42 Å². The molecular weight excluding hydrogens is 358 g/mol. The number of benzene rings is 3. The molecule has 4 rings (SSSR count). The summed E-state index contributed by atoms with van der Waals surface area (Å²) in [6.07, 6.45) is 0. The number of anilines is 2. The number of hydrogen-bond acceptors (Lipinski definition) is 2. The lowest BCUT2D eigenvalue weighted by Crippen LogP contribution is -2.37. The summed E-state index contributed by atoms with van der Waals surface area (Å²) in [4.78, 5) is 2.23. The van der Waals surface area contributed by atoms with Crippen molar-refractivity contribution in [1.29, 1.82) is 0 Å². The first-order chi connectivity index (χ1) is 13.3. The Bertz CT molecular complexity index is 1130. The summed E-state index contributed by atoms with van der Waals surface area (Å²) < 4.78 is 6.46. The zero-order chi connectivity index (χ0) is 20.1. The number of nitrogens with zero attached hydrogens (tertiary/aromatic N) is 1. The second-order valence-electron chi connectivity index (χ2n) is 8.99. The Labute approximate surface area is 168 Å². The van der Waals surface area contributed by atoms with Gasteiger partial charge < -0.3 is 9.32 Å². The molecule has 1 aromatic heterocycles. The van der Waals surface area contributed by atoms with Gasteiger partial charge in [-0.1, -0.05) is 81.1 Å². The van der Waals surface area contributed by atoms with E-state index in [1.165, 1.54) is 27.2 Å². The maximum Gasteiger partial charge on any atom is 0.159 e. The molecule has 0 atom stereocenters. The summed E-state index contributed by atoms with van der Waals surface area (Å²) in [7, 11) is 0.829. The molecule has 0 spiro atoms. The van der Waals surface area contributed by atoms with Crippen LogP contribution in [0.15, 0.2) is 65.1 Å². The van der Waals surface area contributed by atoms with Crippen LogP contribution in [0, 0.1) is 0 Å². The third-order valence-corrected chi connectivity index (χ3v) is 7.70. The molecule has 0 N–H and O–H groups in total. The van der Waals surface area contributed by atoms with Gasteiger partial charge in [0.25, 0.3) is 0 Å². The summed E-state index contributed by atoms with van der Waals surface area (Å²) in [6, 6.07) is 21.9. The van der Waals surface area contributed by atoms with Crippen molar-refractivity contribution in [3.05, 3.63) is 66.2 Å². The van der Waals surface area contributed by atoms with E-state index in [1.807, 2.05) is 0 Å². The fourth-order valence-corrected chi connectivity index (χ4v) is 5.04. The Balaban J connectivity index is 1.84. The van der Waals surface area contributed by atoms with E-state index in [9.17, 15) is 0 Å². The fourth-order valence-electron chi connectivity index (χ4n) is 3.87. The zero-order valence-corrected chi connectivity index (χ0v) is 18.7. The predicted molar refractivity (Wildman–Crippen MR) is 125 cm³/mol. The minimum Gasteiger partial charge on any atom is -0.454 e. The van der Waals surface area contributed by atoms with Crippen molar-refractivity contribution in [1.82, 2.24) is 0 Å². The maximum absolute atomic E-state index is 6.46. The van der Waals surface area contributed by atoms with Crippen molar-refractivity contribution in [3.63, 3.8) is 0 Å². The number of furan rings is 1. The van der Waals surface area contributed by atoms with E-state index in [4.69, 9.17) is 4.42 Å². The maximum atomic E-state index is 6.46. The van der Waals surface area contributed by atoms with Crippen LogP contribution in [-0.2, 0) is 0 Å². The molecule has 4 aromatic rings. The van der Waals surface area contributed by atoms with E-state index in [2.05, 4.69) is 106 Å². The van der Waals surface area contributed by atoms with Crippen LogP contribution in [-0.4, -0.2) is 15.1 Å². The van der Waals surface area contributed by atoms with E-state index >= 15 is 0 Å². The van der Waals surface area contributed by atoms with Crippen molar-refractivity contribution >= 4 is 46.6 Å². The molecule has 0 radical (unpaired) electrons. The normalized spacial score (nSPS) is 12.2. The number of hydrogen-bond donors (Lipinski definition) is 0. The van der Waals surface area contributed by atoms with E-state index in [-0.39, 0.29) is 0 Å². The van der Waals surface area contributed by atoms with E-state index in [0.717, 1.165) is 16.9 Å². The SMILES string of the molecule is CC(C)c1cccc2c1oc1c(N(C)c3ccc([Si](C)(C)C)cc3)cccc12. The summed E-state index contributed by atoms with van der Waals surface area (Å²) in [5, 5.41) is 3.86. The van der Waals surface area contributed by atoms with Crippen LogP contribution < -0.4 is 10.1 Å². The summed E-state index contributed by atoms with van der Waals surface area (Å²) in [6.45, 7) is 11.6. The van der Waals surface area contributed by atoms with Crippen LogP contribution in [0.4, 0.5) is 11.4 Å². The second-order valence-corrected chi connectivity index (χ2v) is 14.1. The fraction of sp³-hybridized carbons (Fsp3) is 0.280. The highest BCUT2D eigenvalue weighted by Gasteiger charge is 2.19. The largest absolute Gasteiger partial charge is 0.454 e. The Hall–Kier alpha value is -2.52. The molecular formula is C25H29NOSi. The highest BCUT2D eigenvalue weighted by Crippen LogP contribution is 2.39. The topological polar surface area (TPSA) is 16.4 Å². The summed E-state index contributed by atoms with van der Waals surface area (Å²) in [5.74, 6) is 0.430. The van der Waals surface area contributed by atoms with Crippen LogP contribution in [0.2, 0.25) is 19.6 Å². The molecule has 0 aliphatic heterocycles. The Morgan fingerprint density at radius 2 is 1.39 bits per heavy atom. The van der Waals surface area contributed by atoms with Gasteiger partial charge in [0.2, 0.25) is 0 Å². The van der Waals surface area contributed by atoms with Gasteiger partial charge in [0.15, 0.2) is 5.58 Å². The molecule has 0 unspecified atom stereocenters. The van der Waals surface area contributed by atoms with Crippen molar-refractivity contribution in [2.75, 3.05) is 11.9 Å². The van der Waals surface area contributed by atoms with Gasteiger partial charge in [-0.25, -0.2) is 0 Å². The average molecular weight is 388 g/mol. The van der Waals surface area contributed by atoms with Crippen LogP contribution in [0.5, 0.6) is 0 Å². The molecule has 0 saturated carbocycles. The smallest absolute Gasteiger partial charge is 0.159 e. The average Bonchev–Trinajstić information content (AvgIpc) is 3.05.